The van der Waals surface area contributed by atoms with Crippen LogP contribution in [0.5, 0.6) is 0 Å². The van der Waals surface area contributed by atoms with Gasteiger partial charge in [-0.2, -0.15) is 5.10 Å². The molecule has 33 heavy (non-hydrogen) atoms. The second-order valence-corrected chi connectivity index (χ2v) is 10.7. The number of aryl methyl sites for hydroxylation is 1. The van der Waals surface area contributed by atoms with Gasteiger partial charge in [-0.3, -0.25) is 5.01 Å². The van der Waals surface area contributed by atoms with Crippen LogP contribution in [0.4, 0.5) is 11.4 Å². The minimum atomic E-state index is -3.77. The first kappa shape index (κ1) is 23.9. The molecule has 0 radical (unpaired) electrons. The Morgan fingerprint density at radius 3 is 2.42 bits per heavy atom. The molecule has 1 heterocycles. The number of anilines is 2. The first-order valence-corrected chi connectivity index (χ1v) is 12.7. The second-order valence-electron chi connectivity index (χ2n) is 7.73. The van der Waals surface area contributed by atoms with Crippen molar-refractivity contribution in [3.8, 4) is 0 Å². The monoisotopic (exact) mass is 522 g/mol. The van der Waals surface area contributed by atoms with Crippen molar-refractivity contribution in [2.75, 3.05) is 17.3 Å². The minimum Gasteiger partial charge on any atom is -0.399 e. The lowest BCUT2D eigenvalue weighted by atomic mass is 10.0. The van der Waals surface area contributed by atoms with Crippen LogP contribution in [0.25, 0.3) is 0 Å². The summed E-state index contributed by atoms with van der Waals surface area (Å²) in [4.78, 5) is 0.146. The number of halogens is 3. The Morgan fingerprint density at radius 1 is 1.03 bits per heavy atom. The van der Waals surface area contributed by atoms with Crippen LogP contribution in [0.15, 0.2) is 70.7 Å². The van der Waals surface area contributed by atoms with Crippen LogP contribution in [0.3, 0.4) is 0 Å². The van der Waals surface area contributed by atoms with Crippen molar-refractivity contribution < 1.29 is 8.42 Å². The van der Waals surface area contributed by atoms with E-state index in [4.69, 9.17) is 45.6 Å². The molecule has 6 nitrogen and oxygen atoms in total. The van der Waals surface area contributed by atoms with Gasteiger partial charge >= 0.3 is 0 Å². The Hall–Kier alpha value is -2.29. The standard InChI is InChI=1S/C23H21Cl3N4O2S/c1-14-2-8-18(27)11-23(14)33(31,32)28-13-19-12-22(15-3-5-16(24)6-4-15)30(29-19)21-9-7-17(25)10-20(21)26/h2-11,22,28H,12-13,27H2,1H3/t22-/m1/s1. The molecule has 3 aromatic rings. The SMILES string of the molecule is Cc1ccc(N)cc1S(=O)(=O)NCC1=NN(c2ccc(Cl)cc2Cl)[C@@H](c2ccc(Cl)cc2)C1. The summed E-state index contributed by atoms with van der Waals surface area (Å²) in [5.41, 5.74) is 9.08. The fourth-order valence-electron chi connectivity index (χ4n) is 3.68. The van der Waals surface area contributed by atoms with Crippen molar-refractivity contribution in [3.05, 3.63) is 86.9 Å². The molecule has 0 spiro atoms. The van der Waals surface area contributed by atoms with Gasteiger partial charge in [0.15, 0.2) is 0 Å². The van der Waals surface area contributed by atoms with Crippen molar-refractivity contribution in [2.45, 2.75) is 24.3 Å². The van der Waals surface area contributed by atoms with Crippen LogP contribution in [0.1, 0.15) is 23.6 Å². The minimum absolute atomic E-state index is 0.0440. The van der Waals surface area contributed by atoms with Crippen molar-refractivity contribution in [1.29, 1.82) is 0 Å². The van der Waals surface area contributed by atoms with Crippen molar-refractivity contribution >= 4 is 61.9 Å². The fourth-order valence-corrected chi connectivity index (χ4v) is 5.59. The highest BCUT2D eigenvalue weighted by molar-refractivity contribution is 7.89. The number of nitrogens with one attached hydrogen (secondary N) is 1. The maximum absolute atomic E-state index is 12.9. The molecule has 172 valence electrons. The molecule has 1 aliphatic heterocycles. The number of nitrogens with zero attached hydrogens (tertiary/aromatic N) is 2. The van der Waals surface area contributed by atoms with E-state index in [-0.39, 0.29) is 17.5 Å². The average Bonchev–Trinajstić information content (AvgIpc) is 3.18. The summed E-state index contributed by atoms with van der Waals surface area (Å²) in [6, 6.07) is 17.2. The molecule has 0 saturated carbocycles. The highest BCUT2D eigenvalue weighted by atomic mass is 35.5. The van der Waals surface area contributed by atoms with Gasteiger partial charge in [0.05, 0.1) is 33.9 Å². The lowest BCUT2D eigenvalue weighted by Gasteiger charge is -2.25. The molecule has 3 N–H and O–H groups in total. The number of rotatable bonds is 6. The third-order valence-corrected chi connectivity index (χ3v) is 7.69. The summed E-state index contributed by atoms with van der Waals surface area (Å²) in [5, 5.41) is 8.08. The zero-order valence-corrected chi connectivity index (χ0v) is 20.7. The van der Waals surface area contributed by atoms with Crippen LogP contribution in [-0.2, 0) is 10.0 Å². The number of sulfonamides is 1. The molecule has 10 heteroatoms. The number of nitrogens with two attached hydrogens (primary N) is 1. The predicted octanol–water partition coefficient (Wildman–Crippen LogP) is 5.82. The molecule has 0 fully saturated rings. The van der Waals surface area contributed by atoms with Gasteiger partial charge < -0.3 is 5.73 Å². The van der Waals surface area contributed by atoms with E-state index in [2.05, 4.69) is 4.72 Å². The molecule has 3 aromatic carbocycles. The van der Waals surface area contributed by atoms with E-state index < -0.39 is 10.0 Å². The van der Waals surface area contributed by atoms with Gasteiger partial charge in [0.2, 0.25) is 10.0 Å². The number of hydrogen-bond donors (Lipinski definition) is 2. The quantitative estimate of drug-likeness (QED) is 0.398. The summed E-state index contributed by atoms with van der Waals surface area (Å²) in [6.07, 6.45) is 0.499. The van der Waals surface area contributed by atoms with Crippen LogP contribution >= 0.6 is 34.8 Å². The van der Waals surface area contributed by atoms with E-state index in [1.165, 1.54) is 6.07 Å². The van der Waals surface area contributed by atoms with Crippen molar-refractivity contribution in [2.24, 2.45) is 5.10 Å². The predicted molar refractivity (Wildman–Crippen MR) is 136 cm³/mol. The van der Waals surface area contributed by atoms with Crippen molar-refractivity contribution in [1.82, 2.24) is 4.72 Å². The number of hydrazone groups is 1. The van der Waals surface area contributed by atoms with Gasteiger partial charge in [0.25, 0.3) is 0 Å². The fraction of sp³-hybridized carbons (Fsp3) is 0.174. The molecule has 0 aromatic heterocycles. The van der Waals surface area contributed by atoms with Crippen LogP contribution in [0.2, 0.25) is 15.1 Å². The van der Waals surface area contributed by atoms with E-state index in [0.717, 1.165) is 5.56 Å². The highest BCUT2D eigenvalue weighted by Crippen LogP contribution is 2.39. The van der Waals surface area contributed by atoms with Crippen LogP contribution in [-0.4, -0.2) is 20.7 Å². The topological polar surface area (TPSA) is 87.8 Å². The number of hydrogen-bond acceptors (Lipinski definition) is 5. The van der Waals surface area contributed by atoms with Gasteiger partial charge in [0.1, 0.15) is 0 Å². The number of nitrogen functional groups attached to an aromatic ring is 1. The maximum atomic E-state index is 12.9. The Kier molecular flexibility index (Phi) is 6.88. The lowest BCUT2D eigenvalue weighted by Crippen LogP contribution is -2.29. The van der Waals surface area contributed by atoms with Gasteiger partial charge in [-0.25, -0.2) is 13.1 Å². The molecule has 1 atom stereocenters. The van der Waals surface area contributed by atoms with E-state index >= 15 is 0 Å². The first-order chi connectivity index (χ1) is 15.6. The maximum Gasteiger partial charge on any atom is 0.241 e. The Labute approximate surface area is 208 Å². The Balaban J connectivity index is 1.63. The summed E-state index contributed by atoms with van der Waals surface area (Å²) in [5.74, 6) is 0. The zero-order valence-electron chi connectivity index (χ0n) is 17.6. The summed E-state index contributed by atoms with van der Waals surface area (Å²) in [6.45, 7) is 1.77. The van der Waals surface area contributed by atoms with E-state index in [1.54, 1.807) is 42.3 Å². The van der Waals surface area contributed by atoms with Gasteiger partial charge in [0, 0.05) is 22.2 Å². The Bertz CT molecular complexity index is 1330. The zero-order chi connectivity index (χ0) is 23.8. The van der Waals surface area contributed by atoms with Crippen LogP contribution in [0, 0.1) is 6.92 Å². The molecular weight excluding hydrogens is 503 g/mol. The largest absolute Gasteiger partial charge is 0.399 e. The van der Waals surface area contributed by atoms with E-state index in [0.29, 0.717) is 44.1 Å². The first-order valence-electron chi connectivity index (χ1n) is 10.1. The van der Waals surface area contributed by atoms with Gasteiger partial charge in [-0.05, 0) is 60.5 Å². The molecule has 0 unspecified atom stereocenters. The summed E-state index contributed by atoms with van der Waals surface area (Å²) < 4.78 is 28.5. The molecule has 0 amide bonds. The third-order valence-electron chi connectivity index (χ3n) is 5.35. The smallest absolute Gasteiger partial charge is 0.241 e. The molecule has 0 saturated heterocycles. The van der Waals surface area contributed by atoms with Crippen molar-refractivity contribution in [3.63, 3.8) is 0 Å². The highest BCUT2D eigenvalue weighted by Gasteiger charge is 2.31. The second kappa shape index (κ2) is 9.52. The van der Waals surface area contributed by atoms with Gasteiger partial charge in [-0.15, -0.1) is 0 Å². The average molecular weight is 524 g/mol. The molecule has 0 bridgehead atoms. The van der Waals surface area contributed by atoms with E-state index in [1.807, 2.05) is 24.3 Å². The van der Waals surface area contributed by atoms with Gasteiger partial charge in [-0.1, -0.05) is 53.0 Å². The normalized spacial score (nSPS) is 16.2. The summed E-state index contributed by atoms with van der Waals surface area (Å²) >= 11 is 18.6. The lowest BCUT2D eigenvalue weighted by molar-refractivity contribution is 0.585. The molecule has 4 rings (SSSR count). The third kappa shape index (κ3) is 5.28. The van der Waals surface area contributed by atoms with Crippen LogP contribution < -0.4 is 15.5 Å². The molecule has 0 aliphatic carbocycles. The number of benzene rings is 3. The summed E-state index contributed by atoms with van der Waals surface area (Å²) in [7, 11) is -3.77. The Morgan fingerprint density at radius 2 is 1.73 bits per heavy atom. The molecule has 1 aliphatic rings. The molecular formula is C23H21Cl3N4O2S. The van der Waals surface area contributed by atoms with E-state index in [9.17, 15) is 8.42 Å².